The summed E-state index contributed by atoms with van der Waals surface area (Å²) in [6, 6.07) is 9.45. The Morgan fingerprint density at radius 1 is 1.11 bits per heavy atom. The lowest BCUT2D eigenvalue weighted by molar-refractivity contribution is -0.137. The molecule has 0 radical (unpaired) electrons. The Morgan fingerprint density at radius 3 is 2.59 bits per heavy atom. The largest absolute Gasteiger partial charge is 0.364 e. The van der Waals surface area contributed by atoms with Crippen LogP contribution in [0.25, 0.3) is 10.9 Å². The summed E-state index contributed by atoms with van der Waals surface area (Å²) in [5.74, 6) is -2.19. The zero-order valence-electron chi connectivity index (χ0n) is 24.7. The van der Waals surface area contributed by atoms with Crippen molar-refractivity contribution in [2.75, 3.05) is 39.0 Å². The fraction of sp³-hybridized carbons (Fsp3) is 0.433. The molecule has 5 rings (SSSR count). The monoisotopic (exact) mass is 626 g/mol. The lowest BCUT2D eigenvalue weighted by Gasteiger charge is -2.36. The van der Waals surface area contributed by atoms with Gasteiger partial charge in [0.15, 0.2) is 5.69 Å². The number of anilines is 1. The van der Waals surface area contributed by atoms with Gasteiger partial charge in [0, 0.05) is 48.4 Å². The third-order valence-electron chi connectivity index (χ3n) is 8.06. The molecule has 0 spiro atoms. The number of piperidine rings is 1. The molecule has 5 amide bonds. The average molecular weight is 627 g/mol. The van der Waals surface area contributed by atoms with E-state index in [1.54, 1.807) is 29.2 Å². The van der Waals surface area contributed by atoms with E-state index in [4.69, 9.17) is 17.3 Å². The first-order valence-corrected chi connectivity index (χ1v) is 14.9. The molecule has 14 heteroatoms. The number of primary amides is 1. The van der Waals surface area contributed by atoms with E-state index >= 15 is 0 Å². The molecule has 1 unspecified atom stereocenters. The molecule has 2 aromatic carbocycles. The number of hydrogen-bond acceptors (Lipinski definition) is 6. The number of carbonyl (C=O) groups excluding carboxylic acids is 4. The molecular weight excluding hydrogens is 591 g/mol. The Morgan fingerprint density at radius 2 is 1.89 bits per heavy atom. The first-order valence-electron chi connectivity index (χ1n) is 14.5. The molecule has 1 atom stereocenters. The van der Waals surface area contributed by atoms with Crippen molar-refractivity contribution in [3.8, 4) is 0 Å². The molecule has 3 aromatic rings. The van der Waals surface area contributed by atoms with Crippen LogP contribution in [0.5, 0.6) is 0 Å². The summed E-state index contributed by atoms with van der Waals surface area (Å²) in [7, 11) is 3.99. The van der Waals surface area contributed by atoms with Gasteiger partial charge in [-0.15, -0.1) is 0 Å². The molecule has 12 nitrogen and oxygen atoms in total. The molecule has 4 N–H and O–H groups in total. The first kappa shape index (κ1) is 31.2. The number of nitrogens with two attached hydrogens (primary N) is 1. The number of benzene rings is 2. The average Bonchev–Trinajstić information content (AvgIpc) is 3.78. The van der Waals surface area contributed by atoms with E-state index in [9.17, 15) is 23.6 Å². The van der Waals surface area contributed by atoms with E-state index in [1.165, 1.54) is 21.7 Å². The van der Waals surface area contributed by atoms with E-state index in [-0.39, 0.29) is 59.9 Å². The Hall–Kier alpha value is -4.23. The predicted molar refractivity (Wildman–Crippen MR) is 164 cm³/mol. The maximum Gasteiger partial charge on any atom is 0.321 e. The van der Waals surface area contributed by atoms with Gasteiger partial charge in [-0.25, -0.2) is 9.18 Å². The molecule has 1 aliphatic heterocycles. The topological polar surface area (TPSA) is 146 Å². The normalized spacial score (nSPS) is 16.7. The zero-order valence-corrected chi connectivity index (χ0v) is 25.4. The molecule has 1 saturated carbocycles. The number of nitrogens with zero attached hydrogens (tertiary/aromatic N) is 5. The van der Waals surface area contributed by atoms with Gasteiger partial charge in [0.25, 0.3) is 5.91 Å². The number of carbonyl (C=O) groups is 4. The highest BCUT2D eigenvalue weighted by atomic mass is 35.5. The second-order valence-electron chi connectivity index (χ2n) is 11.5. The van der Waals surface area contributed by atoms with Gasteiger partial charge >= 0.3 is 6.03 Å². The lowest BCUT2D eigenvalue weighted by Crippen LogP contribution is -2.48. The number of aromatic nitrogens is 2. The molecule has 1 saturated heterocycles. The standard InChI is InChI=1S/C30H36ClFN8O4/c1-37(2)21-6-4-12-38(15-21)30(44)35-19-8-11-24-22(13-19)28(29(33)43)36-40(24)17-26(42)39(20-9-10-20)16-25(41)34-14-18-5-3-7-23(31)27(18)32/h3,5,7-8,11,13,20-21H,4,6,9-10,12,14-17H2,1-2H3,(H2,33,43)(H,34,41)(H,35,44). The fourth-order valence-electron chi connectivity index (χ4n) is 5.44. The van der Waals surface area contributed by atoms with Gasteiger partial charge in [0.05, 0.1) is 17.1 Å². The number of rotatable bonds is 10. The van der Waals surface area contributed by atoms with Crippen LogP contribution in [-0.4, -0.2) is 94.0 Å². The van der Waals surface area contributed by atoms with Gasteiger partial charge in [-0.3, -0.25) is 19.1 Å². The van der Waals surface area contributed by atoms with Gasteiger partial charge in [-0.05, 0) is 64.0 Å². The summed E-state index contributed by atoms with van der Waals surface area (Å²) in [6.45, 7) is 0.742. The van der Waals surface area contributed by atoms with Crippen molar-refractivity contribution in [3.05, 3.63) is 58.5 Å². The number of amides is 5. The Balaban J connectivity index is 1.27. The number of halogens is 2. The van der Waals surface area contributed by atoms with Crippen LogP contribution in [0.2, 0.25) is 5.02 Å². The van der Waals surface area contributed by atoms with Gasteiger partial charge in [0.1, 0.15) is 12.4 Å². The van der Waals surface area contributed by atoms with Crippen molar-refractivity contribution in [2.24, 2.45) is 5.73 Å². The van der Waals surface area contributed by atoms with Crippen molar-refractivity contribution in [1.29, 1.82) is 0 Å². The number of hydrogen-bond donors (Lipinski definition) is 3. The fourth-order valence-corrected chi connectivity index (χ4v) is 5.63. The van der Waals surface area contributed by atoms with Crippen LogP contribution in [0.4, 0.5) is 14.9 Å². The first-order chi connectivity index (χ1) is 21.0. The van der Waals surface area contributed by atoms with E-state index < -0.39 is 17.6 Å². The highest BCUT2D eigenvalue weighted by molar-refractivity contribution is 6.30. The number of nitrogens with one attached hydrogen (secondary N) is 2. The minimum absolute atomic E-state index is 0.0335. The highest BCUT2D eigenvalue weighted by Gasteiger charge is 2.34. The Bertz CT molecular complexity index is 1590. The van der Waals surface area contributed by atoms with Crippen LogP contribution < -0.4 is 16.4 Å². The smallest absolute Gasteiger partial charge is 0.321 e. The third-order valence-corrected chi connectivity index (χ3v) is 8.36. The highest BCUT2D eigenvalue weighted by Crippen LogP contribution is 2.28. The zero-order chi connectivity index (χ0) is 31.5. The van der Waals surface area contributed by atoms with E-state index in [0.29, 0.717) is 29.7 Å². The number of likely N-dealkylation sites (tertiary alicyclic amines) is 1. The molecule has 1 aromatic heterocycles. The molecule has 234 valence electrons. The van der Waals surface area contributed by atoms with E-state index in [2.05, 4.69) is 20.6 Å². The quantitative estimate of drug-likeness (QED) is 0.316. The van der Waals surface area contributed by atoms with Crippen LogP contribution >= 0.6 is 11.6 Å². The maximum atomic E-state index is 14.2. The summed E-state index contributed by atoms with van der Waals surface area (Å²) in [4.78, 5) is 56.8. The van der Waals surface area contributed by atoms with Crippen molar-refractivity contribution >= 4 is 51.9 Å². The van der Waals surface area contributed by atoms with Crippen LogP contribution in [0.15, 0.2) is 36.4 Å². The van der Waals surface area contributed by atoms with Crippen LogP contribution in [0.1, 0.15) is 41.7 Å². The summed E-state index contributed by atoms with van der Waals surface area (Å²) >= 11 is 5.82. The summed E-state index contributed by atoms with van der Waals surface area (Å²) in [5.41, 5.74) is 6.77. The minimum Gasteiger partial charge on any atom is -0.364 e. The predicted octanol–water partition coefficient (Wildman–Crippen LogP) is 2.79. The summed E-state index contributed by atoms with van der Waals surface area (Å²) in [6.07, 6.45) is 3.43. The second-order valence-corrected chi connectivity index (χ2v) is 11.9. The number of likely N-dealkylation sites (N-methyl/N-ethyl adjacent to an activating group) is 1. The molecule has 2 heterocycles. The molecule has 1 aliphatic carbocycles. The van der Waals surface area contributed by atoms with Crippen molar-refractivity contribution in [1.82, 2.24) is 29.8 Å². The lowest BCUT2D eigenvalue weighted by atomic mass is 10.1. The van der Waals surface area contributed by atoms with Crippen LogP contribution in [-0.2, 0) is 22.7 Å². The van der Waals surface area contributed by atoms with Gasteiger partial charge < -0.3 is 31.1 Å². The molecule has 0 bridgehead atoms. The Kier molecular flexibility index (Phi) is 9.35. The molecule has 2 fully saturated rings. The van der Waals surface area contributed by atoms with Gasteiger partial charge in [-0.1, -0.05) is 23.7 Å². The van der Waals surface area contributed by atoms with Crippen molar-refractivity contribution < 1.29 is 23.6 Å². The minimum atomic E-state index is -0.777. The second kappa shape index (κ2) is 13.2. The molecule has 2 aliphatic rings. The molecule has 44 heavy (non-hydrogen) atoms. The maximum absolute atomic E-state index is 14.2. The molecular formula is C30H36ClFN8O4. The van der Waals surface area contributed by atoms with Crippen LogP contribution in [0, 0.1) is 5.82 Å². The number of urea groups is 1. The number of fused-ring (bicyclic) bond motifs is 1. The van der Waals surface area contributed by atoms with E-state index in [0.717, 1.165) is 25.7 Å². The Labute approximate surface area is 259 Å². The van der Waals surface area contributed by atoms with Crippen LogP contribution in [0.3, 0.4) is 0 Å². The summed E-state index contributed by atoms with van der Waals surface area (Å²) in [5, 5.41) is 10.2. The van der Waals surface area contributed by atoms with E-state index in [1.807, 2.05) is 14.1 Å². The SMILES string of the molecule is CN(C)C1CCCN(C(=O)Nc2ccc3c(c2)c(C(N)=O)nn3CC(=O)N(CC(=O)NCc2cccc(Cl)c2F)C2CC2)C1. The summed E-state index contributed by atoms with van der Waals surface area (Å²) < 4.78 is 15.6. The van der Waals surface area contributed by atoms with Gasteiger partial charge in [0.2, 0.25) is 11.8 Å². The van der Waals surface area contributed by atoms with Crippen molar-refractivity contribution in [3.63, 3.8) is 0 Å². The third kappa shape index (κ3) is 7.11. The van der Waals surface area contributed by atoms with Gasteiger partial charge in [-0.2, -0.15) is 5.10 Å². The van der Waals surface area contributed by atoms with Crippen molar-refractivity contribution in [2.45, 2.75) is 50.9 Å².